The van der Waals surface area contributed by atoms with Gasteiger partial charge in [-0.2, -0.15) is 10.5 Å². The van der Waals surface area contributed by atoms with Gasteiger partial charge in [0.05, 0.1) is 23.3 Å². The van der Waals surface area contributed by atoms with E-state index in [1.807, 2.05) is 0 Å². The van der Waals surface area contributed by atoms with Crippen molar-refractivity contribution in [3.05, 3.63) is 40.5 Å². The van der Waals surface area contributed by atoms with Crippen LogP contribution in [-0.2, 0) is 0 Å². The maximum absolute atomic E-state index is 9.97. The quantitative estimate of drug-likeness (QED) is 0.564. The van der Waals surface area contributed by atoms with Crippen molar-refractivity contribution in [1.29, 1.82) is 10.5 Å². The highest BCUT2D eigenvalue weighted by atomic mass is 16.3. The van der Waals surface area contributed by atoms with Gasteiger partial charge in [0.25, 0.3) is 0 Å². The summed E-state index contributed by atoms with van der Waals surface area (Å²) in [7, 11) is 0. The van der Waals surface area contributed by atoms with Gasteiger partial charge in [0.2, 0.25) is 0 Å². The van der Waals surface area contributed by atoms with E-state index in [0.29, 0.717) is 16.8 Å². The maximum atomic E-state index is 9.97. The molecule has 0 aliphatic heterocycles. The summed E-state index contributed by atoms with van der Waals surface area (Å²) >= 11 is 0. The Balaban J connectivity index is 2.70. The first-order chi connectivity index (χ1) is 8.10. The molecule has 0 saturated carbocycles. The van der Waals surface area contributed by atoms with Gasteiger partial charge in [-0.05, 0) is 23.3 Å². The molecule has 17 heavy (non-hydrogen) atoms. The molecule has 0 fully saturated rings. The number of rotatable bonds is 0. The fourth-order valence-corrected chi connectivity index (χ4v) is 1.93. The fourth-order valence-electron chi connectivity index (χ4n) is 1.93. The van der Waals surface area contributed by atoms with Crippen molar-refractivity contribution in [2.75, 3.05) is 5.73 Å². The SMILES string of the molecule is N#CC1=C(C#N)C(O)c2cc(N)ccc2C1O. The molecule has 0 radical (unpaired) electrons. The standard InChI is InChI=1S/C12H9N3O2/c13-4-9-10(5-14)12(17)8-3-6(15)1-2-7(8)11(9)16/h1-3,11-12,16-17H,15H2. The second-order valence-corrected chi connectivity index (χ2v) is 3.74. The molecule has 2 atom stereocenters. The molecule has 84 valence electrons. The number of nitriles is 2. The molecule has 0 saturated heterocycles. The highest BCUT2D eigenvalue weighted by Gasteiger charge is 2.32. The first-order valence-corrected chi connectivity index (χ1v) is 4.90. The molecule has 1 aromatic carbocycles. The number of fused-ring (bicyclic) bond motifs is 1. The topological polar surface area (TPSA) is 114 Å². The van der Waals surface area contributed by atoms with Crippen molar-refractivity contribution < 1.29 is 10.2 Å². The molecular weight excluding hydrogens is 218 g/mol. The lowest BCUT2D eigenvalue weighted by molar-refractivity contribution is 0.176. The Morgan fingerprint density at radius 3 is 2.06 bits per heavy atom. The molecule has 0 amide bonds. The second-order valence-electron chi connectivity index (χ2n) is 3.74. The number of hydrogen-bond acceptors (Lipinski definition) is 5. The summed E-state index contributed by atoms with van der Waals surface area (Å²) in [6.07, 6.45) is -2.40. The molecule has 5 heteroatoms. The number of hydrogen-bond donors (Lipinski definition) is 3. The summed E-state index contributed by atoms with van der Waals surface area (Å²) in [6.45, 7) is 0. The Morgan fingerprint density at radius 2 is 1.53 bits per heavy atom. The van der Waals surface area contributed by atoms with E-state index in [1.54, 1.807) is 24.3 Å². The van der Waals surface area contributed by atoms with Crippen LogP contribution < -0.4 is 5.73 Å². The molecule has 0 aromatic heterocycles. The molecular formula is C12H9N3O2. The Hall–Kier alpha value is -2.34. The predicted octanol–water partition coefficient (Wildman–Crippen LogP) is 0.693. The van der Waals surface area contributed by atoms with Crippen molar-refractivity contribution in [2.45, 2.75) is 12.2 Å². The number of anilines is 1. The molecule has 4 N–H and O–H groups in total. The smallest absolute Gasteiger partial charge is 0.115 e. The largest absolute Gasteiger partial charge is 0.399 e. The minimum atomic E-state index is -1.21. The number of aliphatic hydroxyl groups excluding tert-OH is 2. The Bertz CT molecular complexity index is 593. The molecule has 0 bridgehead atoms. The van der Waals surface area contributed by atoms with Gasteiger partial charge in [-0.25, -0.2) is 0 Å². The van der Waals surface area contributed by atoms with Crippen molar-refractivity contribution >= 4 is 5.69 Å². The van der Waals surface area contributed by atoms with E-state index in [0.717, 1.165) is 0 Å². The van der Waals surface area contributed by atoms with E-state index in [1.165, 1.54) is 6.07 Å². The lowest BCUT2D eigenvalue weighted by Gasteiger charge is -2.25. The zero-order valence-corrected chi connectivity index (χ0v) is 8.75. The third kappa shape index (κ3) is 1.55. The summed E-state index contributed by atoms with van der Waals surface area (Å²) in [4.78, 5) is 0. The van der Waals surface area contributed by atoms with Crippen LogP contribution in [0.1, 0.15) is 23.3 Å². The molecule has 1 aliphatic carbocycles. The minimum Gasteiger partial charge on any atom is -0.399 e. The zero-order valence-electron chi connectivity index (χ0n) is 8.75. The van der Waals surface area contributed by atoms with Crippen molar-refractivity contribution in [2.24, 2.45) is 0 Å². The number of benzene rings is 1. The van der Waals surface area contributed by atoms with E-state index in [-0.39, 0.29) is 11.1 Å². The predicted molar refractivity (Wildman–Crippen MR) is 59.0 cm³/mol. The summed E-state index contributed by atoms with van der Waals surface area (Å²) in [6, 6.07) is 8.12. The van der Waals surface area contributed by atoms with Crippen LogP contribution in [0.2, 0.25) is 0 Å². The van der Waals surface area contributed by atoms with E-state index in [9.17, 15) is 10.2 Å². The van der Waals surface area contributed by atoms with Gasteiger partial charge >= 0.3 is 0 Å². The molecule has 5 nitrogen and oxygen atoms in total. The third-order valence-corrected chi connectivity index (χ3v) is 2.78. The number of nitrogen functional groups attached to an aromatic ring is 1. The highest BCUT2D eigenvalue weighted by molar-refractivity contribution is 5.58. The van der Waals surface area contributed by atoms with Gasteiger partial charge in [-0.1, -0.05) is 6.07 Å². The summed E-state index contributed by atoms with van der Waals surface area (Å²) in [5.41, 5.74) is 6.54. The summed E-state index contributed by atoms with van der Waals surface area (Å²) < 4.78 is 0. The first kappa shape index (κ1) is 11.2. The van der Waals surface area contributed by atoms with Gasteiger partial charge in [0.1, 0.15) is 12.2 Å². The van der Waals surface area contributed by atoms with Crippen LogP contribution in [0.5, 0.6) is 0 Å². The van der Waals surface area contributed by atoms with Crippen molar-refractivity contribution in [3.8, 4) is 12.1 Å². The van der Waals surface area contributed by atoms with Gasteiger partial charge in [-0.15, -0.1) is 0 Å². The minimum absolute atomic E-state index is 0.114. The Morgan fingerprint density at radius 1 is 1.00 bits per heavy atom. The molecule has 2 rings (SSSR count). The van der Waals surface area contributed by atoms with Crippen molar-refractivity contribution in [1.82, 2.24) is 0 Å². The van der Waals surface area contributed by atoms with Crippen LogP contribution in [0.25, 0.3) is 0 Å². The van der Waals surface area contributed by atoms with Crippen LogP contribution in [0, 0.1) is 22.7 Å². The van der Waals surface area contributed by atoms with Gasteiger partial charge < -0.3 is 15.9 Å². The van der Waals surface area contributed by atoms with Crippen LogP contribution in [0.3, 0.4) is 0 Å². The molecule has 2 unspecified atom stereocenters. The summed E-state index contributed by atoms with van der Waals surface area (Å²) in [5.74, 6) is 0. The molecule has 0 heterocycles. The lowest BCUT2D eigenvalue weighted by Crippen LogP contribution is -2.18. The van der Waals surface area contributed by atoms with Gasteiger partial charge in [0, 0.05) is 5.69 Å². The molecule has 1 aromatic rings. The molecule has 0 spiro atoms. The maximum Gasteiger partial charge on any atom is 0.115 e. The second kappa shape index (κ2) is 3.91. The average molecular weight is 227 g/mol. The van der Waals surface area contributed by atoms with Crippen molar-refractivity contribution in [3.63, 3.8) is 0 Å². The Kier molecular flexibility index (Phi) is 2.57. The number of nitrogens with two attached hydrogens (primary N) is 1. The average Bonchev–Trinajstić information content (AvgIpc) is 2.33. The lowest BCUT2D eigenvalue weighted by atomic mass is 9.82. The van der Waals surface area contributed by atoms with Gasteiger partial charge in [0.15, 0.2) is 0 Å². The third-order valence-electron chi connectivity index (χ3n) is 2.78. The summed E-state index contributed by atoms with van der Waals surface area (Å²) in [5, 5.41) is 37.7. The van der Waals surface area contributed by atoms with E-state index in [2.05, 4.69) is 0 Å². The van der Waals surface area contributed by atoms with E-state index < -0.39 is 12.2 Å². The van der Waals surface area contributed by atoms with E-state index in [4.69, 9.17) is 16.3 Å². The number of nitrogens with zero attached hydrogens (tertiary/aromatic N) is 2. The normalized spacial score (nSPS) is 22.6. The van der Waals surface area contributed by atoms with E-state index >= 15 is 0 Å². The molecule has 1 aliphatic rings. The first-order valence-electron chi connectivity index (χ1n) is 4.90. The van der Waals surface area contributed by atoms with Crippen LogP contribution in [0.4, 0.5) is 5.69 Å². The zero-order chi connectivity index (χ0) is 12.6. The monoisotopic (exact) mass is 227 g/mol. The van der Waals surface area contributed by atoms with Crippen LogP contribution >= 0.6 is 0 Å². The van der Waals surface area contributed by atoms with Crippen LogP contribution in [-0.4, -0.2) is 10.2 Å². The number of aliphatic hydroxyl groups is 2. The Labute approximate surface area is 97.6 Å². The van der Waals surface area contributed by atoms with Crippen LogP contribution in [0.15, 0.2) is 29.3 Å². The fraction of sp³-hybridized carbons (Fsp3) is 0.167. The van der Waals surface area contributed by atoms with Gasteiger partial charge in [-0.3, -0.25) is 0 Å². The highest BCUT2D eigenvalue weighted by Crippen LogP contribution is 2.40.